The highest BCUT2D eigenvalue weighted by molar-refractivity contribution is 6.05. The van der Waals surface area contributed by atoms with Crippen LogP contribution in [-0.2, 0) is 16.6 Å². The second-order valence-corrected chi connectivity index (χ2v) is 6.49. The highest BCUT2D eigenvalue weighted by Crippen LogP contribution is 2.17. The predicted octanol–water partition coefficient (Wildman–Crippen LogP) is 2.32. The molecule has 8 nitrogen and oxygen atoms in total. The smallest absolute Gasteiger partial charge is 0.360 e. The van der Waals surface area contributed by atoms with Crippen LogP contribution in [0.4, 0.5) is 5.69 Å². The van der Waals surface area contributed by atoms with E-state index in [2.05, 4.69) is 10.4 Å². The third-order valence-corrected chi connectivity index (χ3v) is 4.29. The molecule has 0 bridgehead atoms. The van der Waals surface area contributed by atoms with Gasteiger partial charge in [-0.15, -0.1) is 0 Å². The van der Waals surface area contributed by atoms with E-state index in [0.29, 0.717) is 22.0 Å². The van der Waals surface area contributed by atoms with Crippen LogP contribution < -0.4 is 10.9 Å². The molecule has 1 aromatic heterocycles. The summed E-state index contributed by atoms with van der Waals surface area (Å²) < 4.78 is 6.38. The lowest BCUT2D eigenvalue weighted by molar-refractivity contribution is -0.114. The number of carbonyl (C=O) groups is 3. The Morgan fingerprint density at radius 3 is 2.28 bits per heavy atom. The third kappa shape index (κ3) is 4.21. The van der Waals surface area contributed by atoms with Gasteiger partial charge >= 0.3 is 5.97 Å². The molecule has 0 fully saturated rings. The number of hydrogen-bond donors (Lipinski definition) is 1. The van der Waals surface area contributed by atoms with E-state index in [0.717, 1.165) is 4.68 Å². The highest BCUT2D eigenvalue weighted by atomic mass is 16.5. The van der Waals surface area contributed by atoms with Crippen LogP contribution in [0.25, 0.3) is 10.8 Å². The van der Waals surface area contributed by atoms with E-state index in [9.17, 15) is 19.2 Å². The molecule has 1 N–H and O–H groups in total. The molecule has 0 unspecified atom stereocenters. The van der Waals surface area contributed by atoms with Gasteiger partial charge in [0, 0.05) is 30.6 Å². The molecule has 0 radical (unpaired) electrons. The summed E-state index contributed by atoms with van der Waals surface area (Å²) in [6.07, 6.45) is -1.06. The summed E-state index contributed by atoms with van der Waals surface area (Å²) in [4.78, 5) is 48.5. The van der Waals surface area contributed by atoms with Gasteiger partial charge in [-0.3, -0.25) is 14.4 Å². The number of Topliss-reactive ketones (excluding diaryl/α,β-unsaturated/α-hetero) is 1. The number of aryl methyl sites for hydroxylation is 1. The third-order valence-electron chi connectivity index (χ3n) is 4.29. The largest absolute Gasteiger partial charge is 0.449 e. The minimum Gasteiger partial charge on any atom is -0.449 e. The van der Waals surface area contributed by atoms with Crippen LogP contribution in [0.15, 0.2) is 53.3 Å². The highest BCUT2D eigenvalue weighted by Gasteiger charge is 2.23. The van der Waals surface area contributed by atoms with Crippen molar-refractivity contribution in [3.8, 4) is 0 Å². The molecule has 0 saturated carbocycles. The molecule has 0 aliphatic heterocycles. The normalized spacial score (nSPS) is 11.7. The van der Waals surface area contributed by atoms with Gasteiger partial charge in [0.2, 0.25) is 11.7 Å². The SMILES string of the molecule is CC(=O)Nc1ccc(C(=O)[C@H](C)OC(=O)c2nn(C)c(=O)c3ccccc23)cc1. The van der Waals surface area contributed by atoms with Crippen LogP contribution >= 0.6 is 0 Å². The fourth-order valence-corrected chi connectivity index (χ4v) is 2.88. The zero-order valence-corrected chi connectivity index (χ0v) is 16.1. The number of ether oxygens (including phenoxy) is 1. The Balaban J connectivity index is 1.81. The maximum atomic E-state index is 12.6. The number of ketones is 1. The fourth-order valence-electron chi connectivity index (χ4n) is 2.88. The van der Waals surface area contributed by atoms with Crippen LogP contribution in [0.5, 0.6) is 0 Å². The van der Waals surface area contributed by atoms with Gasteiger partial charge in [0.05, 0.1) is 5.39 Å². The molecule has 0 aliphatic rings. The predicted molar refractivity (Wildman–Crippen MR) is 107 cm³/mol. The maximum absolute atomic E-state index is 12.6. The molecule has 0 aliphatic carbocycles. The Morgan fingerprint density at radius 2 is 1.66 bits per heavy atom. The average Bonchev–Trinajstić information content (AvgIpc) is 2.70. The first-order valence-electron chi connectivity index (χ1n) is 8.87. The average molecular weight is 393 g/mol. The fraction of sp³-hybridized carbons (Fsp3) is 0.190. The molecule has 148 valence electrons. The first-order valence-corrected chi connectivity index (χ1v) is 8.87. The van der Waals surface area contributed by atoms with Crippen molar-refractivity contribution in [2.45, 2.75) is 20.0 Å². The number of aromatic nitrogens is 2. The second kappa shape index (κ2) is 8.05. The summed E-state index contributed by atoms with van der Waals surface area (Å²) in [6.45, 7) is 2.85. The molecular weight excluding hydrogens is 374 g/mol. The molecule has 1 heterocycles. The summed E-state index contributed by atoms with van der Waals surface area (Å²) in [5.41, 5.74) is 0.515. The number of benzene rings is 2. The van der Waals surface area contributed by atoms with Crippen molar-refractivity contribution in [2.75, 3.05) is 5.32 Å². The second-order valence-electron chi connectivity index (χ2n) is 6.49. The van der Waals surface area contributed by atoms with Gasteiger partial charge in [0.25, 0.3) is 5.56 Å². The number of rotatable bonds is 5. The van der Waals surface area contributed by atoms with E-state index in [-0.39, 0.29) is 17.2 Å². The first kappa shape index (κ1) is 19.9. The molecule has 1 amide bonds. The molecule has 0 saturated heterocycles. The zero-order chi connectivity index (χ0) is 21.1. The van der Waals surface area contributed by atoms with Gasteiger partial charge < -0.3 is 10.1 Å². The Bertz CT molecular complexity index is 1170. The lowest BCUT2D eigenvalue weighted by Crippen LogP contribution is -2.28. The molecule has 3 rings (SSSR count). The van der Waals surface area contributed by atoms with E-state index in [1.807, 2.05) is 0 Å². The van der Waals surface area contributed by atoms with Gasteiger partial charge in [-0.2, -0.15) is 5.10 Å². The van der Waals surface area contributed by atoms with Crippen LogP contribution in [0, 0.1) is 0 Å². The number of fused-ring (bicyclic) bond motifs is 1. The number of nitrogens with one attached hydrogen (secondary N) is 1. The van der Waals surface area contributed by atoms with Crippen molar-refractivity contribution < 1.29 is 19.1 Å². The molecule has 3 aromatic rings. The van der Waals surface area contributed by atoms with Gasteiger partial charge in [-0.25, -0.2) is 9.48 Å². The zero-order valence-electron chi connectivity index (χ0n) is 16.1. The minimum absolute atomic E-state index is 0.0386. The lowest BCUT2D eigenvalue weighted by Gasteiger charge is -2.14. The number of hydrogen-bond acceptors (Lipinski definition) is 6. The Hall–Kier alpha value is -3.81. The molecule has 2 aromatic carbocycles. The molecule has 0 spiro atoms. The monoisotopic (exact) mass is 393 g/mol. The quantitative estimate of drug-likeness (QED) is 0.527. The van der Waals surface area contributed by atoms with Crippen LogP contribution in [-0.4, -0.2) is 33.5 Å². The summed E-state index contributed by atoms with van der Waals surface area (Å²) in [5, 5.41) is 7.31. The van der Waals surface area contributed by atoms with E-state index in [4.69, 9.17) is 4.74 Å². The summed E-state index contributed by atoms with van der Waals surface area (Å²) in [7, 11) is 1.44. The lowest BCUT2D eigenvalue weighted by atomic mass is 10.1. The van der Waals surface area contributed by atoms with Crippen LogP contribution in [0.1, 0.15) is 34.7 Å². The standard InChI is InChI=1S/C21H19N3O5/c1-12(19(26)14-8-10-15(11-9-14)22-13(2)25)29-21(28)18-16-6-4-5-7-17(16)20(27)24(3)23-18/h4-12H,1-3H3,(H,22,25)/t12-/m0/s1. The number of nitrogens with zero attached hydrogens (tertiary/aromatic N) is 2. The van der Waals surface area contributed by atoms with Crippen LogP contribution in [0.3, 0.4) is 0 Å². The number of esters is 1. The van der Waals surface area contributed by atoms with Gasteiger partial charge in [0.1, 0.15) is 0 Å². The van der Waals surface area contributed by atoms with Crippen molar-refractivity contribution in [3.63, 3.8) is 0 Å². The Morgan fingerprint density at radius 1 is 1.03 bits per heavy atom. The Labute approximate surface area is 166 Å². The summed E-state index contributed by atoms with van der Waals surface area (Å²) >= 11 is 0. The summed E-state index contributed by atoms with van der Waals surface area (Å²) in [5.74, 6) is -1.42. The van der Waals surface area contributed by atoms with Crippen molar-refractivity contribution >= 4 is 34.1 Å². The van der Waals surface area contributed by atoms with E-state index < -0.39 is 17.9 Å². The van der Waals surface area contributed by atoms with Crippen molar-refractivity contribution in [1.29, 1.82) is 0 Å². The Kier molecular flexibility index (Phi) is 5.54. The van der Waals surface area contributed by atoms with Crippen LogP contribution in [0.2, 0.25) is 0 Å². The number of carbonyl (C=O) groups excluding carboxylic acids is 3. The summed E-state index contributed by atoms with van der Waals surface area (Å²) in [6, 6.07) is 12.8. The number of anilines is 1. The van der Waals surface area contributed by atoms with Gasteiger partial charge in [0.15, 0.2) is 11.8 Å². The number of amides is 1. The van der Waals surface area contributed by atoms with E-state index >= 15 is 0 Å². The first-order chi connectivity index (χ1) is 13.8. The van der Waals surface area contributed by atoms with Gasteiger partial charge in [-0.05, 0) is 37.3 Å². The molecule has 8 heteroatoms. The van der Waals surface area contributed by atoms with Crippen molar-refractivity contribution in [1.82, 2.24) is 9.78 Å². The molecule has 29 heavy (non-hydrogen) atoms. The van der Waals surface area contributed by atoms with Gasteiger partial charge in [-0.1, -0.05) is 18.2 Å². The molecular formula is C21H19N3O5. The molecule has 1 atom stereocenters. The van der Waals surface area contributed by atoms with E-state index in [1.165, 1.54) is 33.0 Å². The van der Waals surface area contributed by atoms with E-state index in [1.54, 1.807) is 36.4 Å². The van der Waals surface area contributed by atoms with Crippen molar-refractivity contribution in [2.24, 2.45) is 7.05 Å². The topological polar surface area (TPSA) is 107 Å². The minimum atomic E-state index is -1.06. The van der Waals surface area contributed by atoms with Crippen molar-refractivity contribution in [3.05, 3.63) is 70.1 Å². The maximum Gasteiger partial charge on any atom is 0.360 e.